The van der Waals surface area contributed by atoms with E-state index < -0.39 is 36.5 Å². The predicted molar refractivity (Wildman–Crippen MR) is 109 cm³/mol. The summed E-state index contributed by atoms with van der Waals surface area (Å²) >= 11 is 8.78. The molecule has 1 atom stereocenters. The molecule has 0 spiro atoms. The summed E-state index contributed by atoms with van der Waals surface area (Å²) in [7, 11) is 0. The molecule has 1 amide bonds. The van der Waals surface area contributed by atoms with Crippen molar-refractivity contribution >= 4 is 33.4 Å². The molecule has 1 unspecified atom stereocenters. The monoisotopic (exact) mass is 572 g/mol. The second kappa shape index (κ2) is 9.74. The summed E-state index contributed by atoms with van der Waals surface area (Å²) in [5, 5.41) is 6.21. The highest BCUT2D eigenvalue weighted by molar-refractivity contribution is 9.10. The fourth-order valence-electron chi connectivity index (χ4n) is 2.61. The van der Waals surface area contributed by atoms with E-state index in [-0.39, 0.29) is 32.8 Å². The molecule has 0 saturated carbocycles. The van der Waals surface area contributed by atoms with Crippen LogP contribution >= 0.6 is 27.5 Å². The zero-order valence-corrected chi connectivity index (χ0v) is 19.1. The third-order valence-electron chi connectivity index (χ3n) is 4.03. The van der Waals surface area contributed by atoms with Crippen LogP contribution in [-0.4, -0.2) is 43.4 Å². The molecular formula is C18H12BrClF6N6O2. The van der Waals surface area contributed by atoms with Crippen molar-refractivity contribution in [1.29, 1.82) is 0 Å². The number of carbonyl (C=O) groups excluding carboxylic acids is 1. The molecule has 3 aromatic rings. The van der Waals surface area contributed by atoms with Gasteiger partial charge in [0.2, 0.25) is 4.73 Å². The normalized spacial score (nSPS) is 13.0. The minimum Gasteiger partial charge on any atom is -0.481 e. The van der Waals surface area contributed by atoms with Gasteiger partial charge in [-0.15, -0.1) is 5.10 Å². The Bertz CT molecular complexity index is 1190. The SMILES string of the molecule is CC(NC(=O)c1cc(Cl)cc(C(F)(F)F)c1)c1nc(Br)nn1-c1ncc(OCC(F)(F)F)cn1. The van der Waals surface area contributed by atoms with E-state index in [4.69, 9.17) is 11.6 Å². The lowest BCUT2D eigenvalue weighted by Crippen LogP contribution is -2.29. The third kappa shape index (κ3) is 6.56. The van der Waals surface area contributed by atoms with Crippen molar-refractivity contribution in [3.05, 3.63) is 57.3 Å². The Labute approximate surface area is 200 Å². The van der Waals surface area contributed by atoms with Crippen LogP contribution in [-0.2, 0) is 6.18 Å². The Hall–Kier alpha value is -2.94. The Morgan fingerprint density at radius 1 is 1.18 bits per heavy atom. The number of nitrogens with one attached hydrogen (secondary N) is 1. The number of halogens is 8. The first-order chi connectivity index (χ1) is 15.7. The number of nitrogens with zero attached hydrogens (tertiary/aromatic N) is 5. The molecule has 8 nitrogen and oxygen atoms in total. The molecule has 2 heterocycles. The highest BCUT2D eigenvalue weighted by Gasteiger charge is 2.32. The molecule has 0 radical (unpaired) electrons. The quantitative estimate of drug-likeness (QED) is 0.421. The Morgan fingerprint density at radius 3 is 2.41 bits per heavy atom. The van der Waals surface area contributed by atoms with Gasteiger partial charge in [0, 0.05) is 10.6 Å². The third-order valence-corrected chi connectivity index (χ3v) is 4.59. The van der Waals surface area contributed by atoms with Gasteiger partial charge in [0.15, 0.2) is 18.2 Å². The number of hydrogen-bond acceptors (Lipinski definition) is 6. The smallest absolute Gasteiger partial charge is 0.422 e. The lowest BCUT2D eigenvalue weighted by molar-refractivity contribution is -0.153. The molecule has 16 heteroatoms. The van der Waals surface area contributed by atoms with Crippen LogP contribution in [0.15, 0.2) is 35.3 Å². The average molecular weight is 574 g/mol. The van der Waals surface area contributed by atoms with Gasteiger partial charge < -0.3 is 10.1 Å². The largest absolute Gasteiger partial charge is 0.481 e. The first-order valence-electron chi connectivity index (χ1n) is 9.06. The fourth-order valence-corrected chi connectivity index (χ4v) is 3.19. The molecule has 0 bridgehead atoms. The maximum atomic E-state index is 13.0. The number of ether oxygens (including phenoxy) is 1. The van der Waals surface area contributed by atoms with Crippen molar-refractivity contribution < 1.29 is 35.9 Å². The number of benzene rings is 1. The summed E-state index contributed by atoms with van der Waals surface area (Å²) in [5.74, 6) is -1.16. The summed E-state index contributed by atoms with van der Waals surface area (Å²) < 4.78 is 81.6. The molecule has 3 rings (SSSR count). The van der Waals surface area contributed by atoms with Crippen molar-refractivity contribution in [2.75, 3.05) is 6.61 Å². The zero-order chi connectivity index (χ0) is 25.3. The maximum Gasteiger partial charge on any atom is 0.422 e. The molecular weight excluding hydrogens is 562 g/mol. The van der Waals surface area contributed by atoms with Crippen molar-refractivity contribution in [2.24, 2.45) is 0 Å². The van der Waals surface area contributed by atoms with Crippen LogP contribution < -0.4 is 10.1 Å². The molecule has 1 N–H and O–H groups in total. The van der Waals surface area contributed by atoms with Crippen LogP contribution in [0.3, 0.4) is 0 Å². The summed E-state index contributed by atoms with van der Waals surface area (Å²) in [6, 6.07) is 1.50. The zero-order valence-electron chi connectivity index (χ0n) is 16.7. The average Bonchev–Trinajstić information content (AvgIpc) is 3.13. The molecule has 0 aliphatic heterocycles. The van der Waals surface area contributed by atoms with E-state index in [1.54, 1.807) is 0 Å². The van der Waals surface area contributed by atoms with Crippen LogP contribution in [0.1, 0.15) is 34.7 Å². The minimum absolute atomic E-state index is 0.0618. The summed E-state index contributed by atoms with van der Waals surface area (Å²) in [5.41, 5.74) is -1.43. The summed E-state index contributed by atoms with van der Waals surface area (Å²) in [6.45, 7) is -0.0562. The second-order valence-corrected chi connectivity index (χ2v) is 7.84. The van der Waals surface area contributed by atoms with E-state index in [2.05, 4.69) is 46.0 Å². The lowest BCUT2D eigenvalue weighted by atomic mass is 10.1. The Balaban J connectivity index is 1.80. The Kier molecular flexibility index (Phi) is 7.35. The van der Waals surface area contributed by atoms with Crippen LogP contribution in [0.25, 0.3) is 5.95 Å². The van der Waals surface area contributed by atoms with Gasteiger partial charge in [-0.1, -0.05) is 11.6 Å². The summed E-state index contributed by atoms with van der Waals surface area (Å²) in [4.78, 5) is 24.4. The summed E-state index contributed by atoms with van der Waals surface area (Å²) in [6.07, 6.45) is -7.27. The molecule has 1 aromatic carbocycles. The van der Waals surface area contributed by atoms with Gasteiger partial charge in [-0.2, -0.15) is 31.0 Å². The molecule has 0 aliphatic rings. The van der Waals surface area contributed by atoms with Crippen LogP contribution in [0.5, 0.6) is 5.75 Å². The maximum absolute atomic E-state index is 13.0. The van der Waals surface area contributed by atoms with E-state index in [1.807, 2.05) is 0 Å². The van der Waals surface area contributed by atoms with Crippen LogP contribution in [0.2, 0.25) is 5.02 Å². The highest BCUT2D eigenvalue weighted by Crippen LogP contribution is 2.32. The number of hydrogen-bond donors (Lipinski definition) is 1. The molecule has 2 aromatic heterocycles. The number of amides is 1. The van der Waals surface area contributed by atoms with E-state index in [0.29, 0.717) is 12.1 Å². The van der Waals surface area contributed by atoms with Crippen molar-refractivity contribution in [3.8, 4) is 11.7 Å². The topological polar surface area (TPSA) is 94.8 Å². The molecule has 182 valence electrons. The number of carbonyl (C=O) groups is 1. The fraction of sp³-hybridized carbons (Fsp3) is 0.278. The predicted octanol–water partition coefficient (Wildman–Crippen LogP) is 4.92. The number of aromatic nitrogens is 5. The van der Waals surface area contributed by atoms with Crippen molar-refractivity contribution in [2.45, 2.75) is 25.3 Å². The van der Waals surface area contributed by atoms with Gasteiger partial charge in [0.25, 0.3) is 11.9 Å². The van der Waals surface area contributed by atoms with Gasteiger partial charge in [-0.3, -0.25) is 4.79 Å². The standard InChI is InChI=1S/C18H12BrClF6N6O2/c1-8(29-14(33)9-2-10(18(24,25)26)4-11(20)3-9)13-30-15(19)31-32(13)16-27-5-12(6-28-16)34-7-17(21,22)23/h2-6,8H,7H2,1H3,(H,29,33). The van der Waals surface area contributed by atoms with Gasteiger partial charge in [0.05, 0.1) is 24.0 Å². The van der Waals surface area contributed by atoms with E-state index in [1.165, 1.54) is 6.92 Å². The number of alkyl halides is 6. The first-order valence-corrected chi connectivity index (χ1v) is 10.2. The van der Waals surface area contributed by atoms with Crippen molar-refractivity contribution in [1.82, 2.24) is 30.0 Å². The van der Waals surface area contributed by atoms with Crippen LogP contribution in [0.4, 0.5) is 26.3 Å². The van der Waals surface area contributed by atoms with Gasteiger partial charge in [0.1, 0.15) is 0 Å². The molecule has 0 saturated heterocycles. The van der Waals surface area contributed by atoms with E-state index in [0.717, 1.165) is 23.1 Å². The second-order valence-electron chi connectivity index (χ2n) is 6.69. The van der Waals surface area contributed by atoms with Crippen molar-refractivity contribution in [3.63, 3.8) is 0 Å². The van der Waals surface area contributed by atoms with E-state index >= 15 is 0 Å². The molecule has 0 fully saturated rings. The first kappa shape index (κ1) is 25.7. The molecule has 34 heavy (non-hydrogen) atoms. The van der Waals surface area contributed by atoms with E-state index in [9.17, 15) is 31.1 Å². The number of rotatable bonds is 6. The highest BCUT2D eigenvalue weighted by atomic mass is 79.9. The molecule has 0 aliphatic carbocycles. The van der Waals surface area contributed by atoms with Crippen LogP contribution in [0, 0.1) is 0 Å². The van der Waals surface area contributed by atoms with Gasteiger partial charge >= 0.3 is 12.4 Å². The Morgan fingerprint density at radius 2 is 1.82 bits per heavy atom. The lowest BCUT2D eigenvalue weighted by Gasteiger charge is -2.15. The minimum atomic E-state index is -4.70. The van der Waals surface area contributed by atoms with Gasteiger partial charge in [-0.25, -0.2) is 15.0 Å². The van der Waals surface area contributed by atoms with Gasteiger partial charge in [-0.05, 0) is 41.1 Å².